The van der Waals surface area contributed by atoms with Gasteiger partial charge >= 0.3 is 0 Å². The highest BCUT2D eigenvalue weighted by molar-refractivity contribution is 7.99. The normalized spacial score (nSPS) is 15.3. The number of aryl methyl sites for hydroxylation is 1. The first-order valence-electron chi connectivity index (χ1n) is 15.8. The zero-order valence-electron chi connectivity index (χ0n) is 25.6. The van der Waals surface area contributed by atoms with E-state index in [2.05, 4.69) is 71.9 Å². The predicted octanol–water partition coefficient (Wildman–Crippen LogP) is 7.32. The molecular formula is C34H47N5O2S. The number of rotatable bonds is 15. The van der Waals surface area contributed by atoms with Crippen LogP contribution in [0.2, 0.25) is 0 Å². The van der Waals surface area contributed by atoms with Gasteiger partial charge in [-0.25, -0.2) is 0 Å². The van der Waals surface area contributed by atoms with Crippen molar-refractivity contribution < 1.29 is 9.59 Å². The summed E-state index contributed by atoms with van der Waals surface area (Å²) in [5, 5.41) is 9.93. The van der Waals surface area contributed by atoms with Gasteiger partial charge in [0.25, 0.3) is 0 Å². The average molecular weight is 590 g/mol. The van der Waals surface area contributed by atoms with Crippen LogP contribution in [0.1, 0.15) is 83.6 Å². The van der Waals surface area contributed by atoms with Crippen molar-refractivity contribution >= 4 is 23.6 Å². The monoisotopic (exact) mass is 589 g/mol. The summed E-state index contributed by atoms with van der Waals surface area (Å²) >= 11 is 1.68. The van der Waals surface area contributed by atoms with E-state index in [1.165, 1.54) is 31.2 Å². The number of para-hydroxylation sites is 1. The number of amides is 2. The summed E-state index contributed by atoms with van der Waals surface area (Å²) in [5.74, 6) is 2.14. The highest BCUT2D eigenvalue weighted by atomic mass is 32.2. The number of nitrogens with zero attached hydrogens (tertiary/aromatic N) is 5. The van der Waals surface area contributed by atoms with E-state index >= 15 is 0 Å². The van der Waals surface area contributed by atoms with Crippen molar-refractivity contribution in [3.63, 3.8) is 0 Å². The molecule has 4 rings (SSSR count). The summed E-state index contributed by atoms with van der Waals surface area (Å²) < 4.78 is 2.12. The predicted molar refractivity (Wildman–Crippen MR) is 172 cm³/mol. The zero-order chi connectivity index (χ0) is 29.7. The molecule has 226 valence electrons. The fourth-order valence-corrected chi connectivity index (χ4v) is 6.47. The van der Waals surface area contributed by atoms with E-state index < -0.39 is 0 Å². The lowest BCUT2D eigenvalue weighted by atomic mass is 10.1. The van der Waals surface area contributed by atoms with Crippen molar-refractivity contribution in [3.8, 4) is 17.1 Å². The Kier molecular flexibility index (Phi) is 12.5. The highest BCUT2D eigenvalue weighted by Gasteiger charge is 2.29. The first kappa shape index (κ1) is 31.8. The minimum absolute atomic E-state index is 0.0814. The van der Waals surface area contributed by atoms with Gasteiger partial charge < -0.3 is 9.80 Å². The number of carbonyl (C=O) groups excluding carboxylic acids is 2. The van der Waals surface area contributed by atoms with E-state index in [1.807, 2.05) is 28.0 Å². The molecule has 0 radical (unpaired) electrons. The van der Waals surface area contributed by atoms with Crippen molar-refractivity contribution in [3.05, 3.63) is 60.2 Å². The largest absolute Gasteiger partial charge is 0.339 e. The Morgan fingerprint density at radius 2 is 1.52 bits per heavy atom. The molecule has 0 N–H and O–H groups in total. The van der Waals surface area contributed by atoms with E-state index in [1.54, 1.807) is 11.8 Å². The summed E-state index contributed by atoms with van der Waals surface area (Å²) in [7, 11) is 0. The van der Waals surface area contributed by atoms with Crippen molar-refractivity contribution in [2.24, 2.45) is 0 Å². The number of piperazine rings is 1. The zero-order valence-corrected chi connectivity index (χ0v) is 26.5. The first-order valence-corrected chi connectivity index (χ1v) is 16.7. The van der Waals surface area contributed by atoms with Gasteiger partial charge in [0, 0.05) is 55.5 Å². The second-order valence-electron chi connectivity index (χ2n) is 11.4. The molecule has 2 aromatic carbocycles. The summed E-state index contributed by atoms with van der Waals surface area (Å²) in [6, 6.07) is 18.7. The van der Waals surface area contributed by atoms with Gasteiger partial charge in [-0.15, -0.1) is 10.2 Å². The molecule has 42 heavy (non-hydrogen) atoms. The maximum absolute atomic E-state index is 13.0. The van der Waals surface area contributed by atoms with Crippen molar-refractivity contribution in [2.45, 2.75) is 96.2 Å². The third-order valence-electron chi connectivity index (χ3n) is 8.02. The van der Waals surface area contributed by atoms with E-state index in [-0.39, 0.29) is 17.9 Å². The van der Waals surface area contributed by atoms with Gasteiger partial charge in [-0.3, -0.25) is 14.2 Å². The lowest BCUT2D eigenvalue weighted by Gasteiger charge is -2.40. The third kappa shape index (κ3) is 8.93. The second-order valence-corrected chi connectivity index (χ2v) is 12.5. The van der Waals surface area contributed by atoms with Crippen LogP contribution in [0.25, 0.3) is 17.1 Å². The van der Waals surface area contributed by atoms with E-state index in [0.29, 0.717) is 32.5 Å². The van der Waals surface area contributed by atoms with Crippen LogP contribution in [0, 0.1) is 6.92 Å². The van der Waals surface area contributed by atoms with Gasteiger partial charge in [0.2, 0.25) is 11.8 Å². The number of thioether (sulfide) groups is 1. The standard InChI is InChI=1S/C34H47N5O2S/c1-4-5-6-7-8-12-18-32(41)38-24-23-37(26-28(38)3)31(40)17-13-14-25-42-34-36-35-33(29-21-19-27(2)20-22-29)39(34)30-15-10-9-11-16-30/h9-11,15-16,19-22,28H,4-8,12-14,17-18,23-26H2,1-3H3. The maximum atomic E-state index is 13.0. The maximum Gasteiger partial charge on any atom is 0.222 e. The number of hydrogen-bond acceptors (Lipinski definition) is 5. The molecule has 8 heteroatoms. The number of hydrogen-bond donors (Lipinski definition) is 0. The molecule has 1 atom stereocenters. The van der Waals surface area contributed by atoms with Crippen LogP contribution in [0.5, 0.6) is 0 Å². The Labute approximate surface area is 256 Å². The molecule has 1 aliphatic rings. The van der Waals surface area contributed by atoms with Crippen molar-refractivity contribution in [1.29, 1.82) is 0 Å². The molecule has 1 aromatic heterocycles. The molecular weight excluding hydrogens is 542 g/mol. The van der Waals surface area contributed by atoms with Gasteiger partial charge in [0.1, 0.15) is 0 Å². The Hall–Kier alpha value is -3.13. The molecule has 1 fully saturated rings. The highest BCUT2D eigenvalue weighted by Crippen LogP contribution is 2.29. The third-order valence-corrected chi connectivity index (χ3v) is 9.03. The van der Waals surface area contributed by atoms with Crippen LogP contribution in [0.3, 0.4) is 0 Å². The molecule has 0 bridgehead atoms. The molecule has 0 saturated carbocycles. The molecule has 7 nitrogen and oxygen atoms in total. The van der Waals surface area contributed by atoms with E-state index in [9.17, 15) is 9.59 Å². The second kappa shape index (κ2) is 16.5. The average Bonchev–Trinajstić information content (AvgIpc) is 3.43. The van der Waals surface area contributed by atoms with Crippen LogP contribution >= 0.6 is 11.8 Å². The molecule has 2 amide bonds. The Morgan fingerprint density at radius 1 is 0.833 bits per heavy atom. The van der Waals surface area contributed by atoms with Crippen LogP contribution in [0.15, 0.2) is 59.8 Å². The SMILES string of the molecule is CCCCCCCCC(=O)N1CCN(C(=O)CCCCSc2nnc(-c3ccc(C)cc3)n2-c2ccccc2)CC1C. The Bertz CT molecular complexity index is 1260. The topological polar surface area (TPSA) is 71.3 Å². The number of aromatic nitrogens is 3. The number of carbonyl (C=O) groups is 2. The van der Waals surface area contributed by atoms with Crippen molar-refractivity contribution in [1.82, 2.24) is 24.6 Å². The van der Waals surface area contributed by atoms with Gasteiger partial charge in [0.05, 0.1) is 0 Å². The number of benzene rings is 2. The summed E-state index contributed by atoms with van der Waals surface area (Å²) in [6.45, 7) is 8.30. The molecule has 1 aliphatic heterocycles. The smallest absolute Gasteiger partial charge is 0.222 e. The lowest BCUT2D eigenvalue weighted by Crippen LogP contribution is -2.55. The fourth-order valence-electron chi connectivity index (χ4n) is 5.52. The van der Waals surface area contributed by atoms with Gasteiger partial charge in [0.15, 0.2) is 11.0 Å². The summed E-state index contributed by atoms with van der Waals surface area (Å²) in [5.41, 5.74) is 3.28. The molecule has 1 saturated heterocycles. The minimum atomic E-state index is 0.0814. The van der Waals surface area contributed by atoms with Crippen LogP contribution < -0.4 is 0 Å². The number of unbranched alkanes of at least 4 members (excludes halogenated alkanes) is 6. The minimum Gasteiger partial charge on any atom is -0.339 e. The molecule has 2 heterocycles. The summed E-state index contributed by atoms with van der Waals surface area (Å²) in [6.07, 6.45) is 10.1. The molecule has 1 unspecified atom stereocenters. The fraction of sp³-hybridized carbons (Fsp3) is 0.529. The van der Waals surface area contributed by atoms with Crippen molar-refractivity contribution in [2.75, 3.05) is 25.4 Å². The lowest BCUT2D eigenvalue weighted by molar-refractivity contribution is -0.142. The summed E-state index contributed by atoms with van der Waals surface area (Å²) in [4.78, 5) is 29.7. The van der Waals surface area contributed by atoms with Crippen LogP contribution in [-0.4, -0.2) is 67.8 Å². The van der Waals surface area contributed by atoms with Crippen LogP contribution in [0.4, 0.5) is 0 Å². The first-order chi connectivity index (χ1) is 20.5. The van der Waals surface area contributed by atoms with E-state index in [4.69, 9.17) is 0 Å². The van der Waals surface area contributed by atoms with Gasteiger partial charge in [-0.1, -0.05) is 98.8 Å². The van der Waals surface area contributed by atoms with Gasteiger partial charge in [-0.2, -0.15) is 0 Å². The van der Waals surface area contributed by atoms with Gasteiger partial charge in [-0.05, 0) is 45.2 Å². The quantitative estimate of drug-likeness (QED) is 0.137. The molecule has 0 spiro atoms. The molecule has 0 aliphatic carbocycles. The Balaban J connectivity index is 1.21. The van der Waals surface area contributed by atoms with E-state index in [0.717, 1.165) is 53.7 Å². The Morgan fingerprint density at radius 3 is 2.26 bits per heavy atom. The molecule has 3 aromatic rings. The van der Waals surface area contributed by atoms with Crippen LogP contribution in [-0.2, 0) is 9.59 Å².